The van der Waals surface area contributed by atoms with Crippen molar-refractivity contribution >= 4 is 17.1 Å². The number of oxazole rings is 1. The molecule has 8 nitrogen and oxygen atoms in total. The molecule has 124 valence electrons. The fourth-order valence-electron chi connectivity index (χ4n) is 2.36. The first-order valence-electron chi connectivity index (χ1n) is 7.58. The highest BCUT2D eigenvalue weighted by Crippen LogP contribution is 2.17. The lowest BCUT2D eigenvalue weighted by Gasteiger charge is -2.03. The van der Waals surface area contributed by atoms with Crippen LogP contribution in [0, 0.1) is 6.92 Å². The van der Waals surface area contributed by atoms with Gasteiger partial charge in [0.2, 0.25) is 17.6 Å². The second-order valence-electron chi connectivity index (χ2n) is 5.33. The minimum absolute atomic E-state index is 0.167. The van der Waals surface area contributed by atoms with Gasteiger partial charge in [-0.05, 0) is 24.3 Å². The maximum Gasteiger partial charge on any atom is 0.251 e. The van der Waals surface area contributed by atoms with Crippen LogP contribution in [-0.2, 0) is 6.54 Å². The number of fused-ring (bicyclic) bond motifs is 1. The van der Waals surface area contributed by atoms with Crippen LogP contribution < -0.4 is 5.32 Å². The molecule has 3 heterocycles. The summed E-state index contributed by atoms with van der Waals surface area (Å²) in [5.74, 6) is 1.05. The number of rotatable bonds is 4. The van der Waals surface area contributed by atoms with Gasteiger partial charge in [-0.1, -0.05) is 17.3 Å². The minimum Gasteiger partial charge on any atom is -0.437 e. The van der Waals surface area contributed by atoms with Gasteiger partial charge in [-0.3, -0.25) is 4.79 Å². The van der Waals surface area contributed by atoms with Crippen LogP contribution in [0.1, 0.15) is 22.1 Å². The Morgan fingerprint density at radius 3 is 2.92 bits per heavy atom. The predicted octanol–water partition coefficient (Wildman–Crippen LogP) is 2.51. The summed E-state index contributed by atoms with van der Waals surface area (Å²) in [6.45, 7) is 1.88. The van der Waals surface area contributed by atoms with Crippen LogP contribution >= 0.6 is 0 Å². The molecule has 0 saturated carbocycles. The monoisotopic (exact) mass is 335 g/mol. The zero-order valence-corrected chi connectivity index (χ0v) is 13.3. The van der Waals surface area contributed by atoms with E-state index in [4.69, 9.17) is 8.94 Å². The first kappa shape index (κ1) is 15.0. The van der Waals surface area contributed by atoms with E-state index in [1.807, 2.05) is 6.07 Å². The van der Waals surface area contributed by atoms with Gasteiger partial charge in [-0.15, -0.1) is 0 Å². The average Bonchev–Trinajstić information content (AvgIpc) is 3.25. The number of nitrogens with one attached hydrogen (secondary N) is 1. The van der Waals surface area contributed by atoms with E-state index in [1.54, 1.807) is 43.5 Å². The smallest absolute Gasteiger partial charge is 0.251 e. The van der Waals surface area contributed by atoms with Crippen LogP contribution in [0.3, 0.4) is 0 Å². The van der Waals surface area contributed by atoms with Crippen LogP contribution in [0.4, 0.5) is 0 Å². The number of carbonyl (C=O) groups is 1. The molecule has 0 fully saturated rings. The van der Waals surface area contributed by atoms with Gasteiger partial charge < -0.3 is 14.3 Å². The number of amides is 1. The Morgan fingerprint density at radius 2 is 2.12 bits per heavy atom. The lowest BCUT2D eigenvalue weighted by molar-refractivity contribution is 0.0947. The molecule has 1 aromatic carbocycles. The molecular weight excluding hydrogens is 322 g/mol. The first-order chi connectivity index (χ1) is 12.2. The molecule has 0 aliphatic rings. The topological polar surface area (TPSA) is 107 Å². The number of benzene rings is 1. The summed E-state index contributed by atoms with van der Waals surface area (Å²) in [6.07, 6.45) is 1.64. The number of nitrogens with zero attached hydrogens (tertiary/aromatic N) is 4. The lowest BCUT2D eigenvalue weighted by Crippen LogP contribution is -2.22. The molecule has 25 heavy (non-hydrogen) atoms. The van der Waals surface area contributed by atoms with Crippen molar-refractivity contribution < 1.29 is 13.7 Å². The summed E-state index contributed by atoms with van der Waals surface area (Å²) in [7, 11) is 0. The van der Waals surface area contributed by atoms with E-state index in [-0.39, 0.29) is 12.5 Å². The fourth-order valence-corrected chi connectivity index (χ4v) is 2.36. The Bertz CT molecular complexity index is 1020. The molecule has 0 aliphatic carbocycles. The third-order valence-corrected chi connectivity index (χ3v) is 3.52. The number of hydrogen-bond acceptors (Lipinski definition) is 7. The van der Waals surface area contributed by atoms with Gasteiger partial charge in [0, 0.05) is 24.2 Å². The first-order valence-corrected chi connectivity index (χ1v) is 7.58. The number of carbonyl (C=O) groups excluding carboxylic acids is 1. The maximum absolute atomic E-state index is 12.4. The molecule has 0 unspecified atom stereocenters. The van der Waals surface area contributed by atoms with Crippen molar-refractivity contribution in [1.82, 2.24) is 25.4 Å². The zero-order chi connectivity index (χ0) is 17.2. The fraction of sp³-hybridized carbons (Fsp3) is 0.118. The van der Waals surface area contributed by atoms with Crippen LogP contribution in [-0.4, -0.2) is 26.0 Å². The quantitative estimate of drug-likeness (QED) is 0.610. The molecule has 0 bridgehead atoms. The highest BCUT2D eigenvalue weighted by molar-refractivity contribution is 5.95. The lowest BCUT2D eigenvalue weighted by atomic mass is 10.1. The van der Waals surface area contributed by atoms with Crippen molar-refractivity contribution in [2.24, 2.45) is 0 Å². The second-order valence-corrected chi connectivity index (χ2v) is 5.33. The molecule has 0 spiro atoms. The van der Waals surface area contributed by atoms with Crippen LogP contribution in [0.25, 0.3) is 22.6 Å². The number of aromatic nitrogens is 4. The van der Waals surface area contributed by atoms with Crippen molar-refractivity contribution in [3.05, 3.63) is 59.9 Å². The average molecular weight is 335 g/mol. The van der Waals surface area contributed by atoms with Gasteiger partial charge in [0.1, 0.15) is 0 Å². The van der Waals surface area contributed by atoms with E-state index in [9.17, 15) is 4.79 Å². The molecule has 8 heteroatoms. The summed E-state index contributed by atoms with van der Waals surface area (Å²) in [5, 5.41) is 6.63. The van der Waals surface area contributed by atoms with Crippen molar-refractivity contribution in [3.63, 3.8) is 0 Å². The van der Waals surface area contributed by atoms with Crippen molar-refractivity contribution in [3.8, 4) is 11.4 Å². The summed E-state index contributed by atoms with van der Waals surface area (Å²) in [6, 6.07) is 10.5. The number of hydrogen-bond donors (Lipinski definition) is 1. The second kappa shape index (κ2) is 6.16. The Labute approximate surface area is 141 Å². The van der Waals surface area contributed by atoms with E-state index >= 15 is 0 Å². The molecule has 0 radical (unpaired) electrons. The summed E-state index contributed by atoms with van der Waals surface area (Å²) in [5.41, 5.74) is 2.28. The van der Waals surface area contributed by atoms with Crippen LogP contribution in [0.15, 0.2) is 51.5 Å². The molecule has 0 aliphatic heterocycles. The van der Waals surface area contributed by atoms with Gasteiger partial charge in [-0.25, -0.2) is 4.98 Å². The van der Waals surface area contributed by atoms with E-state index in [0.717, 1.165) is 0 Å². The maximum atomic E-state index is 12.4. The number of aryl methyl sites for hydroxylation is 1. The summed E-state index contributed by atoms with van der Waals surface area (Å²) >= 11 is 0. The standard InChI is InChI=1S/C17H13N5O3/c1-10-20-15(22-25-10)11-4-2-5-12(8-11)17(23)19-9-14-21-16-13(24-14)6-3-7-18-16/h2-8H,9H2,1H3,(H,19,23). The SMILES string of the molecule is Cc1nc(-c2cccc(C(=O)NCc3nc4ncccc4o3)c2)no1. The van der Waals surface area contributed by atoms with E-state index in [2.05, 4.69) is 25.4 Å². The third-order valence-electron chi connectivity index (χ3n) is 3.52. The van der Waals surface area contributed by atoms with Gasteiger partial charge in [0.05, 0.1) is 6.54 Å². The summed E-state index contributed by atoms with van der Waals surface area (Å²) in [4.78, 5) is 24.8. The molecule has 4 rings (SSSR count). The molecule has 1 N–H and O–H groups in total. The highest BCUT2D eigenvalue weighted by atomic mass is 16.5. The number of pyridine rings is 1. The van der Waals surface area contributed by atoms with Gasteiger partial charge in [-0.2, -0.15) is 9.97 Å². The van der Waals surface area contributed by atoms with Crippen LogP contribution in [0.2, 0.25) is 0 Å². The Morgan fingerprint density at radius 1 is 1.20 bits per heavy atom. The molecule has 0 saturated heterocycles. The molecule has 1 amide bonds. The van der Waals surface area contributed by atoms with Gasteiger partial charge in [0.25, 0.3) is 5.91 Å². The highest BCUT2D eigenvalue weighted by Gasteiger charge is 2.12. The normalized spacial score (nSPS) is 10.9. The van der Waals surface area contributed by atoms with E-state index in [1.165, 1.54) is 0 Å². The van der Waals surface area contributed by atoms with Crippen LogP contribution in [0.5, 0.6) is 0 Å². The summed E-state index contributed by atoms with van der Waals surface area (Å²) < 4.78 is 10.5. The van der Waals surface area contributed by atoms with Crippen molar-refractivity contribution in [1.29, 1.82) is 0 Å². The Hall–Kier alpha value is -3.55. The molecule has 3 aromatic heterocycles. The van der Waals surface area contributed by atoms with Gasteiger partial charge >= 0.3 is 0 Å². The Balaban J connectivity index is 1.49. The largest absolute Gasteiger partial charge is 0.437 e. The van der Waals surface area contributed by atoms with Crippen molar-refractivity contribution in [2.45, 2.75) is 13.5 Å². The molecule has 4 aromatic rings. The minimum atomic E-state index is -0.253. The van der Waals surface area contributed by atoms with Gasteiger partial charge in [0.15, 0.2) is 11.2 Å². The van der Waals surface area contributed by atoms with Crippen molar-refractivity contribution in [2.75, 3.05) is 0 Å². The third kappa shape index (κ3) is 3.09. The molecule has 0 atom stereocenters. The zero-order valence-electron chi connectivity index (χ0n) is 13.3. The Kier molecular flexibility index (Phi) is 3.70. The van der Waals surface area contributed by atoms with E-state index in [0.29, 0.717) is 40.0 Å². The molecular formula is C17H13N5O3. The predicted molar refractivity (Wildman–Crippen MR) is 87.4 cm³/mol. The van der Waals surface area contributed by atoms with E-state index < -0.39 is 0 Å².